The summed E-state index contributed by atoms with van der Waals surface area (Å²) in [7, 11) is 0. The number of hydrogen-bond donors (Lipinski definition) is 1. The predicted octanol–water partition coefficient (Wildman–Crippen LogP) is 3.53. The Labute approximate surface area is 108 Å². The molecule has 1 N–H and O–H groups in total. The van der Waals surface area contributed by atoms with Crippen molar-refractivity contribution >= 4 is 0 Å². The Balaban J connectivity index is 1.86. The quantitative estimate of drug-likeness (QED) is 0.845. The molecule has 0 bridgehead atoms. The number of ether oxygens (including phenoxy) is 1. The Morgan fingerprint density at radius 2 is 2.00 bits per heavy atom. The second-order valence-corrected chi connectivity index (χ2v) is 4.19. The van der Waals surface area contributed by atoms with Gasteiger partial charge in [-0.25, -0.2) is 0 Å². The van der Waals surface area contributed by atoms with E-state index in [4.69, 9.17) is 9.15 Å². The topological polar surface area (TPSA) is 34.4 Å². The third-order valence-corrected chi connectivity index (χ3v) is 2.82. The second kappa shape index (κ2) is 6.26. The van der Waals surface area contributed by atoms with Crippen molar-refractivity contribution in [2.24, 2.45) is 0 Å². The Morgan fingerprint density at radius 3 is 2.61 bits per heavy atom. The van der Waals surface area contributed by atoms with E-state index in [1.54, 1.807) is 6.26 Å². The molecule has 0 radical (unpaired) electrons. The minimum Gasteiger partial charge on any atom is -0.494 e. The fourth-order valence-electron chi connectivity index (χ4n) is 1.78. The molecule has 0 aliphatic rings. The van der Waals surface area contributed by atoms with Gasteiger partial charge in [0.1, 0.15) is 11.5 Å². The van der Waals surface area contributed by atoms with E-state index in [9.17, 15) is 0 Å². The number of benzene rings is 1. The first-order chi connectivity index (χ1) is 8.79. The van der Waals surface area contributed by atoms with Gasteiger partial charge in [0.2, 0.25) is 0 Å². The molecule has 0 spiro atoms. The van der Waals surface area contributed by atoms with Crippen molar-refractivity contribution in [2.75, 3.05) is 6.61 Å². The van der Waals surface area contributed by atoms with Gasteiger partial charge in [0.25, 0.3) is 0 Å². The van der Waals surface area contributed by atoms with E-state index in [0.29, 0.717) is 6.61 Å². The third-order valence-electron chi connectivity index (χ3n) is 2.82. The molecular weight excluding hydrogens is 226 g/mol. The normalized spacial score (nSPS) is 12.3. The molecule has 1 atom stereocenters. The molecule has 96 valence electrons. The molecule has 18 heavy (non-hydrogen) atoms. The molecule has 0 aliphatic heterocycles. The first kappa shape index (κ1) is 12.7. The van der Waals surface area contributed by atoms with E-state index >= 15 is 0 Å². The zero-order valence-electron chi connectivity index (χ0n) is 10.8. The lowest BCUT2D eigenvalue weighted by atomic mass is 10.2. The molecule has 1 aromatic heterocycles. The minimum atomic E-state index is 0.214. The van der Waals surface area contributed by atoms with Crippen molar-refractivity contribution in [3.63, 3.8) is 0 Å². The van der Waals surface area contributed by atoms with Crippen molar-refractivity contribution in [3.05, 3.63) is 54.0 Å². The molecular formula is C15H19NO2. The maximum absolute atomic E-state index is 5.41. The summed E-state index contributed by atoms with van der Waals surface area (Å²) in [5, 5.41) is 3.42. The minimum absolute atomic E-state index is 0.214. The molecule has 2 rings (SSSR count). The van der Waals surface area contributed by atoms with E-state index in [1.165, 1.54) is 5.56 Å². The highest BCUT2D eigenvalue weighted by molar-refractivity contribution is 5.27. The maximum atomic E-state index is 5.41. The molecule has 0 saturated carbocycles. The number of nitrogens with one attached hydrogen (secondary N) is 1. The first-order valence-electron chi connectivity index (χ1n) is 6.28. The highest BCUT2D eigenvalue weighted by atomic mass is 16.5. The molecule has 3 nitrogen and oxygen atoms in total. The van der Waals surface area contributed by atoms with Crippen LogP contribution in [0.2, 0.25) is 0 Å². The fraction of sp³-hybridized carbons (Fsp3) is 0.333. The van der Waals surface area contributed by atoms with Gasteiger partial charge in [0, 0.05) is 6.54 Å². The molecule has 2 aromatic rings. The molecule has 0 saturated heterocycles. The van der Waals surface area contributed by atoms with Gasteiger partial charge in [-0.05, 0) is 43.7 Å². The van der Waals surface area contributed by atoms with Crippen LogP contribution >= 0.6 is 0 Å². The number of furan rings is 1. The summed E-state index contributed by atoms with van der Waals surface area (Å²) in [6.45, 7) is 5.59. The first-order valence-corrected chi connectivity index (χ1v) is 6.28. The summed E-state index contributed by atoms with van der Waals surface area (Å²) in [4.78, 5) is 0. The lowest BCUT2D eigenvalue weighted by Crippen LogP contribution is -2.17. The summed E-state index contributed by atoms with van der Waals surface area (Å²) in [5.74, 6) is 1.88. The zero-order chi connectivity index (χ0) is 12.8. The molecule has 1 heterocycles. The highest BCUT2D eigenvalue weighted by Crippen LogP contribution is 2.15. The van der Waals surface area contributed by atoms with E-state index in [2.05, 4.69) is 24.4 Å². The van der Waals surface area contributed by atoms with Gasteiger partial charge in [-0.2, -0.15) is 0 Å². The average Bonchev–Trinajstić information content (AvgIpc) is 2.92. The van der Waals surface area contributed by atoms with E-state index in [1.807, 2.05) is 31.2 Å². The summed E-state index contributed by atoms with van der Waals surface area (Å²) in [6, 6.07) is 12.3. The lowest BCUT2D eigenvalue weighted by Gasteiger charge is -2.11. The molecule has 0 amide bonds. The number of hydrogen-bond acceptors (Lipinski definition) is 3. The van der Waals surface area contributed by atoms with Crippen molar-refractivity contribution < 1.29 is 9.15 Å². The van der Waals surface area contributed by atoms with Gasteiger partial charge in [0.15, 0.2) is 0 Å². The van der Waals surface area contributed by atoms with Crippen LogP contribution in [-0.2, 0) is 6.54 Å². The van der Waals surface area contributed by atoms with Crippen LogP contribution in [0.1, 0.15) is 31.2 Å². The molecule has 0 aliphatic carbocycles. The average molecular weight is 245 g/mol. The van der Waals surface area contributed by atoms with E-state index in [0.717, 1.165) is 18.1 Å². The maximum Gasteiger partial charge on any atom is 0.120 e. The highest BCUT2D eigenvalue weighted by Gasteiger charge is 2.06. The van der Waals surface area contributed by atoms with Gasteiger partial charge in [-0.3, -0.25) is 0 Å². The van der Waals surface area contributed by atoms with E-state index in [-0.39, 0.29) is 6.04 Å². The van der Waals surface area contributed by atoms with Gasteiger partial charge >= 0.3 is 0 Å². The van der Waals surface area contributed by atoms with Crippen LogP contribution in [0.3, 0.4) is 0 Å². The second-order valence-electron chi connectivity index (χ2n) is 4.19. The molecule has 0 unspecified atom stereocenters. The van der Waals surface area contributed by atoms with Gasteiger partial charge in [-0.15, -0.1) is 0 Å². The van der Waals surface area contributed by atoms with Gasteiger partial charge in [-0.1, -0.05) is 12.1 Å². The van der Waals surface area contributed by atoms with Gasteiger partial charge < -0.3 is 14.5 Å². The summed E-state index contributed by atoms with van der Waals surface area (Å²) in [5.41, 5.74) is 1.23. The van der Waals surface area contributed by atoms with Crippen LogP contribution in [0.15, 0.2) is 47.1 Å². The van der Waals surface area contributed by atoms with Crippen LogP contribution in [0.25, 0.3) is 0 Å². The van der Waals surface area contributed by atoms with Crippen molar-refractivity contribution in [3.8, 4) is 5.75 Å². The lowest BCUT2D eigenvalue weighted by molar-refractivity contribution is 0.340. The van der Waals surface area contributed by atoms with Crippen LogP contribution in [0, 0.1) is 0 Å². The Bertz CT molecular complexity index is 448. The van der Waals surface area contributed by atoms with Crippen molar-refractivity contribution in [2.45, 2.75) is 26.4 Å². The predicted molar refractivity (Wildman–Crippen MR) is 71.6 cm³/mol. The van der Waals surface area contributed by atoms with Crippen LogP contribution in [0.4, 0.5) is 0 Å². The standard InChI is InChI=1S/C15H19NO2/c1-3-17-14-8-6-13(7-9-14)11-16-12(2)15-5-4-10-18-15/h4-10,12,16H,3,11H2,1-2H3/t12-/m1/s1. The van der Waals surface area contributed by atoms with Crippen molar-refractivity contribution in [1.82, 2.24) is 5.32 Å². The third kappa shape index (κ3) is 3.37. The van der Waals surface area contributed by atoms with Crippen molar-refractivity contribution in [1.29, 1.82) is 0 Å². The van der Waals surface area contributed by atoms with Crippen LogP contribution in [-0.4, -0.2) is 6.61 Å². The monoisotopic (exact) mass is 245 g/mol. The summed E-state index contributed by atoms with van der Waals surface area (Å²) in [6.07, 6.45) is 1.70. The summed E-state index contributed by atoms with van der Waals surface area (Å²) >= 11 is 0. The Hall–Kier alpha value is -1.74. The van der Waals surface area contributed by atoms with Crippen LogP contribution in [0.5, 0.6) is 5.75 Å². The summed E-state index contributed by atoms with van der Waals surface area (Å²) < 4.78 is 10.8. The van der Waals surface area contributed by atoms with Crippen LogP contribution < -0.4 is 10.1 Å². The largest absolute Gasteiger partial charge is 0.494 e. The van der Waals surface area contributed by atoms with E-state index < -0.39 is 0 Å². The SMILES string of the molecule is CCOc1ccc(CN[C@H](C)c2ccco2)cc1. The molecule has 3 heteroatoms. The van der Waals surface area contributed by atoms with Gasteiger partial charge in [0.05, 0.1) is 18.9 Å². The number of rotatable bonds is 6. The zero-order valence-corrected chi connectivity index (χ0v) is 10.8. The molecule has 0 fully saturated rings. The Morgan fingerprint density at radius 1 is 1.22 bits per heavy atom. The Kier molecular flexibility index (Phi) is 4.42. The molecule has 1 aromatic carbocycles. The smallest absolute Gasteiger partial charge is 0.120 e. The fourth-order valence-corrected chi connectivity index (χ4v) is 1.78.